The number of carboxylic acid groups (broad SMARTS) is 1. The van der Waals surface area contributed by atoms with E-state index in [1.165, 1.54) is 24.1 Å². The molecule has 7 heteroatoms. The largest absolute Gasteiger partial charge is 0.507 e. The summed E-state index contributed by atoms with van der Waals surface area (Å²) in [5, 5.41) is 18.8. The summed E-state index contributed by atoms with van der Waals surface area (Å²) >= 11 is 0. The minimum absolute atomic E-state index is 0.0895. The van der Waals surface area contributed by atoms with Gasteiger partial charge in [-0.2, -0.15) is 0 Å². The number of ether oxygens (including phenoxy) is 2. The highest BCUT2D eigenvalue weighted by molar-refractivity contribution is 5.97. The molecule has 2 rings (SSSR count). The van der Waals surface area contributed by atoms with E-state index in [1.807, 2.05) is 0 Å². The number of aromatic hydroxyl groups is 1. The third kappa shape index (κ3) is 3.43. The van der Waals surface area contributed by atoms with E-state index in [1.54, 1.807) is 6.07 Å². The maximum atomic E-state index is 12.5. The number of morpholine rings is 1. The molecule has 1 amide bonds. The lowest BCUT2D eigenvalue weighted by Gasteiger charge is -2.35. The van der Waals surface area contributed by atoms with Gasteiger partial charge in [0.25, 0.3) is 5.91 Å². The Hall–Kier alpha value is -2.28. The van der Waals surface area contributed by atoms with E-state index < -0.39 is 17.9 Å². The Labute approximate surface area is 121 Å². The van der Waals surface area contributed by atoms with E-state index in [-0.39, 0.29) is 30.9 Å². The zero-order valence-electron chi connectivity index (χ0n) is 11.6. The van der Waals surface area contributed by atoms with Gasteiger partial charge < -0.3 is 24.6 Å². The third-order valence-corrected chi connectivity index (χ3v) is 3.33. The minimum Gasteiger partial charge on any atom is -0.507 e. The molecule has 1 aliphatic heterocycles. The van der Waals surface area contributed by atoms with Crippen LogP contribution < -0.4 is 4.74 Å². The van der Waals surface area contributed by atoms with Crippen molar-refractivity contribution in [3.8, 4) is 11.5 Å². The van der Waals surface area contributed by atoms with Gasteiger partial charge in [-0.3, -0.25) is 9.59 Å². The molecule has 1 aromatic rings. The summed E-state index contributed by atoms with van der Waals surface area (Å²) in [6.07, 6.45) is -0.198. The average molecular weight is 295 g/mol. The van der Waals surface area contributed by atoms with Crippen LogP contribution in [0.1, 0.15) is 16.8 Å². The predicted molar refractivity (Wildman–Crippen MR) is 72.6 cm³/mol. The highest BCUT2D eigenvalue weighted by Gasteiger charge is 2.31. The van der Waals surface area contributed by atoms with Crippen molar-refractivity contribution in [1.82, 2.24) is 4.90 Å². The number of nitrogens with zero attached hydrogens (tertiary/aromatic N) is 1. The number of benzene rings is 1. The van der Waals surface area contributed by atoms with Crippen molar-refractivity contribution in [3.63, 3.8) is 0 Å². The van der Waals surface area contributed by atoms with Gasteiger partial charge in [-0.1, -0.05) is 0 Å². The summed E-state index contributed by atoms with van der Waals surface area (Å²) in [6.45, 7) is 0.794. The zero-order valence-corrected chi connectivity index (χ0v) is 11.6. The fraction of sp³-hybridized carbons (Fsp3) is 0.429. The smallest absolute Gasteiger partial charge is 0.305 e. The highest BCUT2D eigenvalue weighted by Crippen LogP contribution is 2.26. The molecular weight excluding hydrogens is 278 g/mol. The van der Waals surface area contributed by atoms with Crippen molar-refractivity contribution in [1.29, 1.82) is 0 Å². The molecule has 1 atom stereocenters. The Kier molecular flexibility index (Phi) is 4.64. The van der Waals surface area contributed by atoms with Gasteiger partial charge in [0, 0.05) is 6.54 Å². The van der Waals surface area contributed by atoms with E-state index in [9.17, 15) is 14.7 Å². The SMILES string of the molecule is COc1ccc(O)c(C(=O)N2CCOCC2CC(=O)O)c1. The van der Waals surface area contributed by atoms with Crippen molar-refractivity contribution in [2.45, 2.75) is 12.5 Å². The van der Waals surface area contributed by atoms with Crippen LogP contribution in [0.15, 0.2) is 18.2 Å². The van der Waals surface area contributed by atoms with E-state index in [4.69, 9.17) is 14.6 Å². The number of hydrogen-bond acceptors (Lipinski definition) is 5. The third-order valence-electron chi connectivity index (χ3n) is 3.33. The van der Waals surface area contributed by atoms with Gasteiger partial charge in [0.05, 0.1) is 38.3 Å². The van der Waals surface area contributed by atoms with Crippen LogP contribution in [0.3, 0.4) is 0 Å². The van der Waals surface area contributed by atoms with Gasteiger partial charge in [0.15, 0.2) is 0 Å². The second kappa shape index (κ2) is 6.45. The monoisotopic (exact) mass is 295 g/mol. The first kappa shape index (κ1) is 15.1. The summed E-state index contributed by atoms with van der Waals surface area (Å²) in [4.78, 5) is 24.8. The van der Waals surface area contributed by atoms with Crippen LogP contribution in [0.2, 0.25) is 0 Å². The molecule has 1 heterocycles. The van der Waals surface area contributed by atoms with Crippen LogP contribution in [-0.2, 0) is 9.53 Å². The molecule has 21 heavy (non-hydrogen) atoms. The van der Waals surface area contributed by atoms with E-state index in [2.05, 4.69) is 0 Å². The first-order chi connectivity index (χ1) is 10.0. The molecule has 114 valence electrons. The average Bonchev–Trinajstić information content (AvgIpc) is 2.47. The summed E-state index contributed by atoms with van der Waals surface area (Å²) in [5.41, 5.74) is 0.0895. The lowest BCUT2D eigenvalue weighted by atomic mass is 10.1. The topological polar surface area (TPSA) is 96.3 Å². The molecule has 0 spiro atoms. The number of carbonyl (C=O) groups is 2. The number of aliphatic carboxylic acids is 1. The lowest BCUT2D eigenvalue weighted by Crippen LogP contribution is -2.49. The second-order valence-electron chi connectivity index (χ2n) is 4.71. The number of carbonyl (C=O) groups excluding carboxylic acids is 1. The summed E-state index contributed by atoms with van der Waals surface area (Å²) in [6, 6.07) is 3.80. The Morgan fingerprint density at radius 2 is 2.24 bits per heavy atom. The van der Waals surface area contributed by atoms with Crippen LogP contribution in [0.25, 0.3) is 0 Å². The maximum absolute atomic E-state index is 12.5. The number of amides is 1. The Morgan fingerprint density at radius 3 is 2.90 bits per heavy atom. The molecule has 0 bridgehead atoms. The Bertz CT molecular complexity index is 544. The molecule has 1 unspecified atom stereocenters. The predicted octanol–water partition coefficient (Wildman–Crippen LogP) is 0.716. The van der Waals surface area contributed by atoms with Crippen LogP contribution in [0.5, 0.6) is 11.5 Å². The van der Waals surface area contributed by atoms with Crippen LogP contribution in [0, 0.1) is 0 Å². The maximum Gasteiger partial charge on any atom is 0.305 e. The molecule has 0 aliphatic carbocycles. The number of phenolic OH excluding ortho intramolecular Hbond substituents is 1. The Morgan fingerprint density at radius 1 is 1.48 bits per heavy atom. The minimum atomic E-state index is -1.00. The quantitative estimate of drug-likeness (QED) is 0.849. The van der Waals surface area contributed by atoms with E-state index in [0.717, 1.165) is 0 Å². The van der Waals surface area contributed by atoms with Gasteiger partial charge in [-0.25, -0.2) is 0 Å². The number of methoxy groups -OCH3 is 1. The fourth-order valence-corrected chi connectivity index (χ4v) is 2.26. The Balaban J connectivity index is 2.26. The molecule has 7 nitrogen and oxygen atoms in total. The molecule has 1 saturated heterocycles. The molecular formula is C14H17NO6. The van der Waals surface area contributed by atoms with Crippen LogP contribution in [-0.4, -0.2) is 59.9 Å². The van der Waals surface area contributed by atoms with Crippen molar-refractivity contribution in [2.24, 2.45) is 0 Å². The number of hydrogen-bond donors (Lipinski definition) is 2. The van der Waals surface area contributed by atoms with Gasteiger partial charge in [-0.15, -0.1) is 0 Å². The highest BCUT2D eigenvalue weighted by atomic mass is 16.5. The van der Waals surface area contributed by atoms with Gasteiger partial charge >= 0.3 is 5.97 Å². The standard InChI is InChI=1S/C14H17NO6/c1-20-10-2-3-12(16)11(7-10)14(19)15-4-5-21-8-9(15)6-13(17)18/h2-3,7,9,16H,4-6,8H2,1H3,(H,17,18). The summed E-state index contributed by atoms with van der Waals surface area (Å²) in [7, 11) is 1.46. The normalized spacial score (nSPS) is 18.3. The number of phenols is 1. The molecule has 0 saturated carbocycles. The zero-order chi connectivity index (χ0) is 15.4. The number of rotatable bonds is 4. The number of carboxylic acids is 1. The molecule has 0 radical (unpaired) electrons. The van der Waals surface area contributed by atoms with Crippen molar-refractivity contribution < 1.29 is 29.3 Å². The molecule has 2 N–H and O–H groups in total. The van der Waals surface area contributed by atoms with Crippen LogP contribution >= 0.6 is 0 Å². The molecule has 0 aromatic heterocycles. The van der Waals surface area contributed by atoms with Gasteiger partial charge in [0.2, 0.25) is 0 Å². The van der Waals surface area contributed by atoms with Crippen molar-refractivity contribution in [3.05, 3.63) is 23.8 Å². The second-order valence-corrected chi connectivity index (χ2v) is 4.71. The first-order valence-corrected chi connectivity index (χ1v) is 6.50. The molecule has 1 fully saturated rings. The first-order valence-electron chi connectivity index (χ1n) is 6.50. The van der Waals surface area contributed by atoms with Crippen LogP contribution in [0.4, 0.5) is 0 Å². The molecule has 1 aliphatic rings. The van der Waals surface area contributed by atoms with Gasteiger partial charge in [0.1, 0.15) is 11.5 Å². The van der Waals surface area contributed by atoms with E-state index in [0.29, 0.717) is 12.4 Å². The van der Waals surface area contributed by atoms with Gasteiger partial charge in [-0.05, 0) is 18.2 Å². The molecule has 1 aromatic carbocycles. The summed E-state index contributed by atoms with van der Waals surface area (Å²) < 4.78 is 10.3. The van der Waals surface area contributed by atoms with E-state index >= 15 is 0 Å². The fourth-order valence-electron chi connectivity index (χ4n) is 2.26. The lowest BCUT2D eigenvalue weighted by molar-refractivity contribution is -0.139. The van der Waals surface area contributed by atoms with Crippen molar-refractivity contribution in [2.75, 3.05) is 26.9 Å². The van der Waals surface area contributed by atoms with Crippen molar-refractivity contribution >= 4 is 11.9 Å². The summed E-state index contributed by atoms with van der Waals surface area (Å²) in [5.74, 6) is -1.15.